The van der Waals surface area contributed by atoms with Crippen LogP contribution >= 0.6 is 0 Å². The lowest BCUT2D eigenvalue weighted by Gasteiger charge is -2.29. The van der Waals surface area contributed by atoms with Crippen LogP contribution in [0.15, 0.2) is 18.2 Å². The lowest BCUT2D eigenvalue weighted by atomic mass is 10.0. The van der Waals surface area contributed by atoms with E-state index in [4.69, 9.17) is 10.5 Å². The summed E-state index contributed by atoms with van der Waals surface area (Å²) < 4.78 is 4.88. The summed E-state index contributed by atoms with van der Waals surface area (Å²) in [5.74, 6) is -0.00551. The number of methoxy groups -OCH3 is 1. The van der Waals surface area contributed by atoms with Crippen molar-refractivity contribution < 1.29 is 9.53 Å². The first-order chi connectivity index (χ1) is 7.72. The number of ether oxygens (including phenoxy) is 1. The highest BCUT2D eigenvalue weighted by Crippen LogP contribution is 2.29. The molecule has 0 saturated heterocycles. The molecule has 86 valence electrons. The summed E-state index contributed by atoms with van der Waals surface area (Å²) >= 11 is 0. The van der Waals surface area contributed by atoms with Gasteiger partial charge >= 0.3 is 0 Å². The zero-order valence-electron chi connectivity index (χ0n) is 9.40. The third kappa shape index (κ3) is 2.02. The monoisotopic (exact) mass is 220 g/mol. The van der Waals surface area contributed by atoms with Crippen LogP contribution in [0, 0.1) is 0 Å². The predicted molar refractivity (Wildman–Crippen MR) is 63.4 cm³/mol. The number of fused-ring (bicyclic) bond motifs is 1. The number of nitrogens with zero attached hydrogens (tertiary/aromatic N) is 1. The van der Waals surface area contributed by atoms with Gasteiger partial charge in [-0.1, -0.05) is 6.07 Å². The first-order valence-electron chi connectivity index (χ1n) is 5.40. The highest BCUT2D eigenvalue weighted by molar-refractivity contribution is 5.95. The Bertz CT molecular complexity index is 404. The molecule has 16 heavy (non-hydrogen) atoms. The van der Waals surface area contributed by atoms with Crippen LogP contribution in [0.1, 0.15) is 12.0 Å². The van der Waals surface area contributed by atoms with E-state index in [-0.39, 0.29) is 12.5 Å². The van der Waals surface area contributed by atoms with Gasteiger partial charge in [0.05, 0.1) is 0 Å². The van der Waals surface area contributed by atoms with Gasteiger partial charge in [0, 0.05) is 25.0 Å². The van der Waals surface area contributed by atoms with E-state index in [9.17, 15) is 4.79 Å². The molecule has 1 aliphatic heterocycles. The maximum Gasteiger partial charge on any atom is 0.252 e. The van der Waals surface area contributed by atoms with Crippen LogP contribution in [0.5, 0.6) is 0 Å². The molecule has 0 aromatic heterocycles. The average molecular weight is 220 g/mol. The molecule has 0 fully saturated rings. The summed E-state index contributed by atoms with van der Waals surface area (Å²) in [6.45, 7) is 0.868. The summed E-state index contributed by atoms with van der Waals surface area (Å²) in [7, 11) is 1.53. The van der Waals surface area contributed by atoms with E-state index in [1.165, 1.54) is 12.7 Å². The Morgan fingerprint density at radius 1 is 1.56 bits per heavy atom. The van der Waals surface area contributed by atoms with Crippen LogP contribution in [0.25, 0.3) is 0 Å². The van der Waals surface area contributed by atoms with Gasteiger partial charge in [0.1, 0.15) is 6.61 Å². The second-order valence-electron chi connectivity index (χ2n) is 3.97. The molecule has 1 aromatic carbocycles. The van der Waals surface area contributed by atoms with E-state index in [1.807, 2.05) is 18.2 Å². The van der Waals surface area contributed by atoms with Gasteiger partial charge in [0.25, 0.3) is 5.91 Å². The Labute approximate surface area is 95.0 Å². The molecular formula is C12H16N2O2. The third-order valence-electron chi connectivity index (χ3n) is 2.80. The van der Waals surface area contributed by atoms with Crippen LogP contribution in [0.3, 0.4) is 0 Å². The third-order valence-corrected chi connectivity index (χ3v) is 2.80. The van der Waals surface area contributed by atoms with Gasteiger partial charge in [0.15, 0.2) is 0 Å². The average Bonchev–Trinajstić information content (AvgIpc) is 2.28. The number of benzene rings is 1. The molecular weight excluding hydrogens is 204 g/mol. The van der Waals surface area contributed by atoms with Crippen LogP contribution < -0.4 is 10.6 Å². The molecule has 0 radical (unpaired) electrons. The lowest BCUT2D eigenvalue weighted by molar-refractivity contribution is -0.122. The smallest absolute Gasteiger partial charge is 0.252 e. The normalized spacial score (nSPS) is 14.7. The molecule has 1 amide bonds. The molecule has 1 aliphatic rings. The SMILES string of the molecule is COCC(=O)N1CCCc2ccc(N)cc21. The van der Waals surface area contributed by atoms with Gasteiger partial charge in [-0.2, -0.15) is 0 Å². The Balaban J connectivity index is 2.31. The van der Waals surface area contributed by atoms with Crippen molar-refractivity contribution in [3.63, 3.8) is 0 Å². The Morgan fingerprint density at radius 2 is 2.38 bits per heavy atom. The maximum atomic E-state index is 11.8. The van der Waals surface area contributed by atoms with Crippen molar-refractivity contribution in [3.8, 4) is 0 Å². The van der Waals surface area contributed by atoms with Crippen molar-refractivity contribution in [3.05, 3.63) is 23.8 Å². The van der Waals surface area contributed by atoms with Crippen molar-refractivity contribution >= 4 is 17.3 Å². The Kier molecular flexibility index (Phi) is 3.10. The van der Waals surface area contributed by atoms with Crippen molar-refractivity contribution in [2.75, 3.05) is 30.9 Å². The van der Waals surface area contributed by atoms with E-state index in [2.05, 4.69) is 0 Å². The van der Waals surface area contributed by atoms with E-state index in [0.29, 0.717) is 5.69 Å². The fourth-order valence-electron chi connectivity index (χ4n) is 2.05. The molecule has 0 spiro atoms. The summed E-state index contributed by atoms with van der Waals surface area (Å²) in [5, 5.41) is 0. The topological polar surface area (TPSA) is 55.6 Å². The summed E-state index contributed by atoms with van der Waals surface area (Å²) in [5.41, 5.74) is 8.56. The fraction of sp³-hybridized carbons (Fsp3) is 0.417. The van der Waals surface area contributed by atoms with Crippen molar-refractivity contribution in [2.45, 2.75) is 12.8 Å². The molecule has 0 atom stereocenters. The highest BCUT2D eigenvalue weighted by Gasteiger charge is 2.22. The van der Waals surface area contributed by atoms with Gasteiger partial charge in [-0.3, -0.25) is 4.79 Å². The number of amides is 1. The number of aryl methyl sites for hydroxylation is 1. The van der Waals surface area contributed by atoms with Crippen molar-refractivity contribution in [2.24, 2.45) is 0 Å². The standard InChI is InChI=1S/C12H16N2O2/c1-16-8-12(15)14-6-2-3-9-4-5-10(13)7-11(9)14/h4-5,7H,2-3,6,8,13H2,1H3. The Morgan fingerprint density at radius 3 is 3.12 bits per heavy atom. The second kappa shape index (κ2) is 4.53. The summed E-state index contributed by atoms with van der Waals surface area (Å²) in [6, 6.07) is 5.74. The van der Waals surface area contributed by atoms with Gasteiger partial charge < -0.3 is 15.4 Å². The first kappa shape index (κ1) is 11.0. The van der Waals surface area contributed by atoms with Gasteiger partial charge in [-0.25, -0.2) is 0 Å². The number of nitrogen functional groups attached to an aromatic ring is 1. The number of nitrogens with two attached hydrogens (primary N) is 1. The van der Waals surface area contributed by atoms with Gasteiger partial charge in [0.2, 0.25) is 0 Å². The number of hydrogen-bond acceptors (Lipinski definition) is 3. The number of rotatable bonds is 2. The number of hydrogen-bond donors (Lipinski definition) is 1. The molecule has 2 rings (SSSR count). The maximum absolute atomic E-state index is 11.8. The fourth-order valence-corrected chi connectivity index (χ4v) is 2.05. The van der Waals surface area contributed by atoms with Crippen molar-refractivity contribution in [1.29, 1.82) is 0 Å². The Hall–Kier alpha value is -1.55. The van der Waals surface area contributed by atoms with E-state index < -0.39 is 0 Å². The highest BCUT2D eigenvalue weighted by atomic mass is 16.5. The van der Waals surface area contributed by atoms with Gasteiger partial charge in [-0.05, 0) is 30.5 Å². The zero-order chi connectivity index (χ0) is 11.5. The predicted octanol–water partition coefficient (Wildman–Crippen LogP) is 1.19. The molecule has 0 unspecified atom stereocenters. The molecule has 0 bridgehead atoms. The lowest BCUT2D eigenvalue weighted by Crippen LogP contribution is -2.37. The van der Waals surface area contributed by atoms with Crippen LogP contribution in [-0.2, 0) is 16.0 Å². The van der Waals surface area contributed by atoms with Crippen LogP contribution in [-0.4, -0.2) is 26.2 Å². The minimum absolute atomic E-state index is 0.00551. The largest absolute Gasteiger partial charge is 0.399 e. The molecule has 1 aromatic rings. The summed E-state index contributed by atoms with van der Waals surface area (Å²) in [6.07, 6.45) is 2.00. The van der Waals surface area contributed by atoms with Crippen molar-refractivity contribution in [1.82, 2.24) is 0 Å². The van der Waals surface area contributed by atoms with Gasteiger partial charge in [-0.15, -0.1) is 0 Å². The molecule has 0 saturated carbocycles. The summed E-state index contributed by atoms with van der Waals surface area (Å²) in [4.78, 5) is 13.6. The first-order valence-corrected chi connectivity index (χ1v) is 5.40. The number of carbonyl (C=O) groups is 1. The molecule has 4 nitrogen and oxygen atoms in total. The molecule has 2 N–H and O–H groups in total. The quantitative estimate of drug-likeness (QED) is 0.762. The number of anilines is 2. The minimum Gasteiger partial charge on any atom is -0.399 e. The molecule has 4 heteroatoms. The minimum atomic E-state index is -0.00551. The van der Waals surface area contributed by atoms with E-state index >= 15 is 0 Å². The molecule has 1 heterocycles. The second-order valence-corrected chi connectivity index (χ2v) is 3.97. The molecule has 0 aliphatic carbocycles. The van der Waals surface area contributed by atoms with Crippen LogP contribution in [0.4, 0.5) is 11.4 Å². The van der Waals surface area contributed by atoms with E-state index in [1.54, 1.807) is 4.90 Å². The number of carbonyl (C=O) groups excluding carboxylic acids is 1. The van der Waals surface area contributed by atoms with Crippen LogP contribution in [0.2, 0.25) is 0 Å². The van der Waals surface area contributed by atoms with E-state index in [0.717, 1.165) is 25.1 Å². The zero-order valence-corrected chi connectivity index (χ0v) is 9.40.